The molecule has 0 saturated carbocycles. The molecule has 0 atom stereocenters. The van der Waals surface area contributed by atoms with E-state index in [2.05, 4.69) is 11.1 Å². The fourth-order valence-electron chi connectivity index (χ4n) is 2.71. The van der Waals surface area contributed by atoms with Gasteiger partial charge in [0.25, 0.3) is 0 Å². The van der Waals surface area contributed by atoms with Gasteiger partial charge in [-0.15, -0.1) is 0 Å². The van der Waals surface area contributed by atoms with Gasteiger partial charge in [0.15, 0.2) is 0 Å². The number of nitrogen functional groups attached to an aromatic ring is 1. The average Bonchev–Trinajstić information content (AvgIpc) is 2.59. The number of nitrogens with zero attached hydrogens (tertiary/aromatic N) is 2. The third-order valence-corrected chi connectivity index (χ3v) is 4.90. The Bertz CT molecular complexity index is 1010. The molecule has 0 unspecified atom stereocenters. The van der Waals surface area contributed by atoms with Crippen molar-refractivity contribution in [2.75, 3.05) is 5.73 Å². The first-order valence-corrected chi connectivity index (χ1v) is 8.47. The van der Waals surface area contributed by atoms with Gasteiger partial charge in [0.2, 0.25) is 0 Å². The molecular formula is C19H12Cl3N3. The van der Waals surface area contributed by atoms with Crippen LogP contribution in [0.25, 0.3) is 22.4 Å². The van der Waals surface area contributed by atoms with E-state index >= 15 is 0 Å². The Balaban J connectivity index is 2.31. The highest BCUT2D eigenvalue weighted by atomic mass is 35.5. The summed E-state index contributed by atoms with van der Waals surface area (Å²) in [6.45, 7) is 1.90. The Kier molecular flexibility index (Phi) is 4.87. The highest BCUT2D eigenvalue weighted by molar-refractivity contribution is 6.42. The monoisotopic (exact) mass is 387 g/mol. The number of nitrogens with two attached hydrogens (primary N) is 1. The lowest BCUT2D eigenvalue weighted by molar-refractivity contribution is 1.26. The van der Waals surface area contributed by atoms with Crippen molar-refractivity contribution in [3.63, 3.8) is 0 Å². The van der Waals surface area contributed by atoms with Crippen molar-refractivity contribution < 1.29 is 0 Å². The zero-order valence-electron chi connectivity index (χ0n) is 13.1. The minimum Gasteiger partial charge on any atom is -0.383 e. The maximum absolute atomic E-state index is 9.56. The van der Waals surface area contributed by atoms with Crippen LogP contribution in [0.5, 0.6) is 0 Å². The van der Waals surface area contributed by atoms with Gasteiger partial charge in [-0.25, -0.2) is 4.98 Å². The van der Waals surface area contributed by atoms with Crippen LogP contribution in [-0.4, -0.2) is 4.98 Å². The molecule has 0 aliphatic carbocycles. The van der Waals surface area contributed by atoms with Crippen LogP contribution in [0.2, 0.25) is 15.1 Å². The maximum atomic E-state index is 9.56. The molecule has 124 valence electrons. The Morgan fingerprint density at radius 2 is 1.60 bits per heavy atom. The Morgan fingerprint density at radius 1 is 0.960 bits per heavy atom. The molecule has 3 rings (SSSR count). The molecule has 0 spiro atoms. The number of hydrogen-bond donors (Lipinski definition) is 1. The van der Waals surface area contributed by atoms with Crippen molar-refractivity contribution in [3.05, 3.63) is 68.7 Å². The molecule has 1 aromatic heterocycles. The standard InChI is InChI=1S/C19H12Cl3N3/c1-10-17(12-4-7-15(21)16(22)8-12)14(9-23)19(24)25-18(10)11-2-5-13(20)6-3-11/h2-8H,1H3,(H2,24,25). The Hall–Kier alpha value is -2.25. The lowest BCUT2D eigenvalue weighted by Crippen LogP contribution is -2.03. The Morgan fingerprint density at radius 3 is 2.20 bits per heavy atom. The van der Waals surface area contributed by atoms with Crippen molar-refractivity contribution in [2.24, 2.45) is 0 Å². The second-order valence-corrected chi connectivity index (χ2v) is 6.72. The van der Waals surface area contributed by atoms with E-state index in [1.54, 1.807) is 24.3 Å². The fourth-order valence-corrected chi connectivity index (χ4v) is 3.13. The molecule has 0 aliphatic heterocycles. The average molecular weight is 389 g/mol. The van der Waals surface area contributed by atoms with E-state index in [-0.39, 0.29) is 5.82 Å². The first kappa shape index (κ1) is 17.6. The van der Waals surface area contributed by atoms with E-state index < -0.39 is 0 Å². The molecule has 0 aliphatic rings. The van der Waals surface area contributed by atoms with Gasteiger partial charge in [0.05, 0.1) is 15.7 Å². The number of benzene rings is 2. The van der Waals surface area contributed by atoms with E-state index in [4.69, 9.17) is 40.5 Å². The SMILES string of the molecule is Cc1c(-c2ccc(Cl)cc2)nc(N)c(C#N)c1-c1ccc(Cl)c(Cl)c1. The molecule has 0 amide bonds. The van der Waals surface area contributed by atoms with Crippen LogP contribution in [0.1, 0.15) is 11.1 Å². The molecular weight excluding hydrogens is 377 g/mol. The minimum absolute atomic E-state index is 0.166. The molecule has 2 aromatic carbocycles. The number of halogens is 3. The normalized spacial score (nSPS) is 10.5. The molecule has 0 bridgehead atoms. The number of nitriles is 1. The van der Waals surface area contributed by atoms with Crippen molar-refractivity contribution in [1.29, 1.82) is 5.26 Å². The summed E-state index contributed by atoms with van der Waals surface area (Å²) in [5.74, 6) is 0.166. The van der Waals surface area contributed by atoms with Crippen molar-refractivity contribution in [1.82, 2.24) is 4.98 Å². The van der Waals surface area contributed by atoms with Crippen LogP contribution in [0.4, 0.5) is 5.82 Å². The van der Waals surface area contributed by atoms with Crippen LogP contribution < -0.4 is 5.73 Å². The van der Waals surface area contributed by atoms with Crippen LogP contribution in [0, 0.1) is 18.3 Å². The summed E-state index contributed by atoms with van der Waals surface area (Å²) in [5.41, 5.74) is 10.2. The maximum Gasteiger partial charge on any atom is 0.142 e. The third-order valence-electron chi connectivity index (χ3n) is 3.91. The van der Waals surface area contributed by atoms with E-state index in [0.717, 1.165) is 16.7 Å². The first-order chi connectivity index (χ1) is 11.9. The molecule has 1 heterocycles. The van der Waals surface area contributed by atoms with E-state index in [0.29, 0.717) is 31.9 Å². The van der Waals surface area contributed by atoms with Crippen molar-refractivity contribution in [3.8, 4) is 28.5 Å². The van der Waals surface area contributed by atoms with E-state index in [1.165, 1.54) is 0 Å². The first-order valence-electron chi connectivity index (χ1n) is 7.34. The van der Waals surface area contributed by atoms with Gasteiger partial charge in [-0.2, -0.15) is 5.26 Å². The molecule has 0 fully saturated rings. The van der Waals surface area contributed by atoms with Gasteiger partial charge in [0.1, 0.15) is 17.5 Å². The number of rotatable bonds is 2. The molecule has 6 heteroatoms. The number of aromatic nitrogens is 1. The molecule has 3 nitrogen and oxygen atoms in total. The number of pyridine rings is 1. The highest BCUT2D eigenvalue weighted by Gasteiger charge is 2.19. The fraction of sp³-hybridized carbons (Fsp3) is 0.0526. The second-order valence-electron chi connectivity index (χ2n) is 5.47. The summed E-state index contributed by atoms with van der Waals surface area (Å²) in [5, 5.41) is 11.0. The predicted molar refractivity (Wildman–Crippen MR) is 104 cm³/mol. The lowest BCUT2D eigenvalue weighted by Gasteiger charge is -2.15. The van der Waals surface area contributed by atoms with Crippen LogP contribution in [0.3, 0.4) is 0 Å². The second kappa shape index (κ2) is 6.93. The van der Waals surface area contributed by atoms with Gasteiger partial charge in [-0.3, -0.25) is 0 Å². The zero-order valence-corrected chi connectivity index (χ0v) is 15.4. The Labute approximate surface area is 160 Å². The quantitative estimate of drug-likeness (QED) is 0.573. The molecule has 3 aromatic rings. The van der Waals surface area contributed by atoms with Gasteiger partial charge in [-0.05, 0) is 42.3 Å². The molecule has 25 heavy (non-hydrogen) atoms. The zero-order chi connectivity index (χ0) is 18.1. The third kappa shape index (κ3) is 3.29. The number of hydrogen-bond acceptors (Lipinski definition) is 3. The van der Waals surface area contributed by atoms with E-state index in [9.17, 15) is 5.26 Å². The molecule has 2 N–H and O–H groups in total. The van der Waals surface area contributed by atoms with Crippen LogP contribution >= 0.6 is 34.8 Å². The summed E-state index contributed by atoms with van der Waals surface area (Å²) in [6.07, 6.45) is 0. The summed E-state index contributed by atoms with van der Waals surface area (Å²) in [6, 6.07) is 14.7. The van der Waals surface area contributed by atoms with Crippen LogP contribution in [0.15, 0.2) is 42.5 Å². The van der Waals surface area contributed by atoms with Gasteiger partial charge in [0, 0.05) is 16.1 Å². The summed E-state index contributed by atoms with van der Waals surface area (Å²) >= 11 is 18.1. The van der Waals surface area contributed by atoms with Gasteiger partial charge in [-0.1, -0.05) is 53.0 Å². The minimum atomic E-state index is 0.166. The lowest BCUT2D eigenvalue weighted by atomic mass is 9.93. The van der Waals surface area contributed by atoms with Crippen molar-refractivity contribution in [2.45, 2.75) is 6.92 Å². The predicted octanol–water partition coefficient (Wildman–Crippen LogP) is 6.14. The van der Waals surface area contributed by atoms with Crippen LogP contribution in [-0.2, 0) is 0 Å². The van der Waals surface area contributed by atoms with Gasteiger partial charge < -0.3 is 5.73 Å². The number of anilines is 1. The summed E-state index contributed by atoms with van der Waals surface area (Å²) < 4.78 is 0. The summed E-state index contributed by atoms with van der Waals surface area (Å²) in [7, 11) is 0. The smallest absolute Gasteiger partial charge is 0.142 e. The topological polar surface area (TPSA) is 62.7 Å². The molecule has 0 radical (unpaired) electrons. The van der Waals surface area contributed by atoms with E-state index in [1.807, 2.05) is 25.1 Å². The van der Waals surface area contributed by atoms with Crippen molar-refractivity contribution >= 4 is 40.6 Å². The van der Waals surface area contributed by atoms with Gasteiger partial charge >= 0.3 is 0 Å². The summed E-state index contributed by atoms with van der Waals surface area (Å²) in [4.78, 5) is 4.42. The highest BCUT2D eigenvalue weighted by Crippen LogP contribution is 2.38. The molecule has 0 saturated heterocycles. The largest absolute Gasteiger partial charge is 0.383 e.